The fraction of sp³-hybridized carbons (Fsp3) is 0.409. The molecule has 0 radical (unpaired) electrons. The number of pyridine rings is 1. The molecule has 2 heterocycles. The predicted octanol–water partition coefficient (Wildman–Crippen LogP) is 2.70. The molecule has 1 saturated heterocycles. The van der Waals surface area contributed by atoms with E-state index in [4.69, 9.17) is 5.26 Å². The average Bonchev–Trinajstić information content (AvgIpc) is 3.59. The van der Waals surface area contributed by atoms with Gasteiger partial charge in [0.05, 0.1) is 16.2 Å². The van der Waals surface area contributed by atoms with Crippen molar-refractivity contribution in [1.29, 1.82) is 5.26 Å². The van der Waals surface area contributed by atoms with Gasteiger partial charge in [0, 0.05) is 43.2 Å². The van der Waals surface area contributed by atoms with Crippen LogP contribution < -0.4 is 0 Å². The zero-order valence-corrected chi connectivity index (χ0v) is 17.7. The van der Waals surface area contributed by atoms with Crippen LogP contribution in [0.4, 0.5) is 0 Å². The molecular weight excluding hydrogens is 400 g/mol. The number of carbonyl (C=O) groups is 1. The molecule has 7 nitrogen and oxygen atoms in total. The minimum atomic E-state index is -3.24. The number of likely N-dealkylation sites (tertiary alicyclic amines) is 1. The van der Waals surface area contributed by atoms with Crippen molar-refractivity contribution < 1.29 is 13.2 Å². The maximum absolute atomic E-state index is 13.2. The van der Waals surface area contributed by atoms with Gasteiger partial charge in [0.2, 0.25) is 0 Å². The Hall–Kier alpha value is -2.92. The second-order valence-electron chi connectivity index (χ2n) is 7.99. The Bertz CT molecular complexity index is 1060. The number of nitrogens with zero attached hydrogens (tertiary/aromatic N) is 4. The minimum absolute atomic E-state index is 0.000572. The van der Waals surface area contributed by atoms with Gasteiger partial charge in [-0.05, 0) is 49.9 Å². The van der Waals surface area contributed by atoms with Crippen molar-refractivity contribution in [3.63, 3.8) is 0 Å². The number of hydrogen-bond acceptors (Lipinski definition) is 6. The van der Waals surface area contributed by atoms with Crippen molar-refractivity contribution in [2.45, 2.75) is 42.7 Å². The summed E-state index contributed by atoms with van der Waals surface area (Å²) in [6.45, 7) is 1.39. The smallest absolute Gasteiger partial charge is 0.255 e. The summed E-state index contributed by atoms with van der Waals surface area (Å²) < 4.78 is 23.2. The largest absolute Gasteiger partial charge is 0.332 e. The lowest BCUT2D eigenvalue weighted by molar-refractivity contribution is 0.0585. The summed E-state index contributed by atoms with van der Waals surface area (Å²) in [6, 6.07) is 10.6. The first-order valence-electron chi connectivity index (χ1n) is 10.1. The first-order chi connectivity index (χ1) is 14.4. The van der Waals surface area contributed by atoms with Gasteiger partial charge in [0.1, 0.15) is 0 Å². The van der Waals surface area contributed by atoms with Gasteiger partial charge in [-0.25, -0.2) is 8.42 Å². The summed E-state index contributed by atoms with van der Waals surface area (Å²) in [6.07, 6.45) is 8.65. The van der Waals surface area contributed by atoms with Crippen molar-refractivity contribution in [1.82, 2.24) is 14.8 Å². The van der Waals surface area contributed by atoms with E-state index in [1.54, 1.807) is 47.5 Å². The van der Waals surface area contributed by atoms with Crippen LogP contribution >= 0.6 is 0 Å². The molecule has 1 aromatic carbocycles. The van der Waals surface area contributed by atoms with E-state index in [1.165, 1.54) is 6.26 Å². The van der Waals surface area contributed by atoms with Crippen LogP contribution in [0, 0.1) is 11.5 Å². The Morgan fingerprint density at radius 3 is 2.20 bits per heavy atom. The third kappa shape index (κ3) is 4.31. The third-order valence-electron chi connectivity index (χ3n) is 5.76. The number of aromatic nitrogens is 1. The van der Waals surface area contributed by atoms with E-state index in [0.29, 0.717) is 30.4 Å². The Balaban J connectivity index is 1.50. The molecule has 4 rings (SSSR count). The lowest BCUT2D eigenvalue weighted by Gasteiger charge is -2.37. The maximum Gasteiger partial charge on any atom is 0.255 e. The Kier molecular flexibility index (Phi) is 5.48. The summed E-state index contributed by atoms with van der Waals surface area (Å²) in [7, 11) is -3.24. The van der Waals surface area contributed by atoms with Gasteiger partial charge in [0.25, 0.3) is 5.91 Å². The second kappa shape index (κ2) is 8.07. The normalized spacial score (nSPS) is 17.4. The average molecular weight is 425 g/mol. The summed E-state index contributed by atoms with van der Waals surface area (Å²) in [5.74, 6) is -0.000572. The number of benzene rings is 1. The molecule has 1 aliphatic heterocycles. The van der Waals surface area contributed by atoms with Crippen molar-refractivity contribution in [2.24, 2.45) is 0 Å². The standard InChI is InChI=1S/C22H24N4O3S/c1-30(28,29)20-7-2-16(3-8-20)21-9-4-17(14-24-21)22(27)26(18-5-6-18)19-10-12-25(15-23)13-11-19/h2-4,7-9,14,18-19H,5-6,10-13H2,1H3. The summed E-state index contributed by atoms with van der Waals surface area (Å²) in [5, 5.41) is 9.06. The molecule has 1 aromatic heterocycles. The van der Waals surface area contributed by atoms with E-state index in [1.807, 2.05) is 4.90 Å². The predicted molar refractivity (Wildman–Crippen MR) is 112 cm³/mol. The Morgan fingerprint density at radius 2 is 1.70 bits per heavy atom. The molecular formula is C22H24N4O3S. The van der Waals surface area contributed by atoms with E-state index in [0.717, 1.165) is 31.2 Å². The van der Waals surface area contributed by atoms with Crippen LogP contribution in [-0.2, 0) is 9.84 Å². The molecule has 1 aliphatic carbocycles. The third-order valence-corrected chi connectivity index (χ3v) is 6.89. The van der Waals surface area contributed by atoms with Gasteiger partial charge in [-0.15, -0.1) is 0 Å². The van der Waals surface area contributed by atoms with E-state index >= 15 is 0 Å². The number of hydrogen-bond donors (Lipinski definition) is 0. The van der Waals surface area contributed by atoms with Gasteiger partial charge in [0.15, 0.2) is 16.0 Å². The number of rotatable bonds is 5. The summed E-state index contributed by atoms with van der Waals surface area (Å²) >= 11 is 0. The van der Waals surface area contributed by atoms with Crippen LogP contribution in [0.3, 0.4) is 0 Å². The molecule has 30 heavy (non-hydrogen) atoms. The maximum atomic E-state index is 13.2. The number of sulfone groups is 1. The highest BCUT2D eigenvalue weighted by Crippen LogP contribution is 2.33. The molecule has 2 fully saturated rings. The molecule has 0 spiro atoms. The van der Waals surface area contributed by atoms with Crippen molar-refractivity contribution in [3.8, 4) is 17.5 Å². The number of amides is 1. The van der Waals surface area contributed by atoms with Crippen LogP contribution in [0.15, 0.2) is 47.5 Å². The molecule has 1 saturated carbocycles. The Labute approximate surface area is 176 Å². The van der Waals surface area contributed by atoms with Crippen molar-refractivity contribution in [3.05, 3.63) is 48.2 Å². The summed E-state index contributed by atoms with van der Waals surface area (Å²) in [5.41, 5.74) is 2.04. The zero-order chi connectivity index (χ0) is 21.3. The first kappa shape index (κ1) is 20.4. The van der Waals surface area contributed by atoms with Gasteiger partial charge >= 0.3 is 0 Å². The van der Waals surface area contributed by atoms with Gasteiger partial charge in [-0.1, -0.05) is 12.1 Å². The highest BCUT2D eigenvalue weighted by atomic mass is 32.2. The van der Waals surface area contributed by atoms with E-state index in [-0.39, 0.29) is 16.8 Å². The molecule has 0 N–H and O–H groups in total. The van der Waals surface area contributed by atoms with Gasteiger partial charge in [-0.3, -0.25) is 9.78 Å². The molecule has 8 heteroatoms. The van der Waals surface area contributed by atoms with Gasteiger partial charge < -0.3 is 9.80 Å². The molecule has 156 valence electrons. The van der Waals surface area contributed by atoms with Crippen molar-refractivity contribution >= 4 is 15.7 Å². The highest BCUT2D eigenvalue weighted by Gasteiger charge is 2.39. The molecule has 0 atom stereocenters. The lowest BCUT2D eigenvalue weighted by atomic mass is 10.0. The van der Waals surface area contributed by atoms with Crippen LogP contribution in [0.25, 0.3) is 11.3 Å². The molecule has 2 aliphatic rings. The fourth-order valence-electron chi connectivity index (χ4n) is 3.94. The lowest BCUT2D eigenvalue weighted by Crippen LogP contribution is -2.47. The summed E-state index contributed by atoms with van der Waals surface area (Å²) in [4.78, 5) is 21.7. The SMILES string of the molecule is CS(=O)(=O)c1ccc(-c2ccc(C(=O)N(C3CC3)C3CCN(C#N)CC3)cn2)cc1. The molecule has 0 bridgehead atoms. The fourth-order valence-corrected chi connectivity index (χ4v) is 4.57. The topological polar surface area (TPSA) is 94.4 Å². The van der Waals surface area contributed by atoms with Gasteiger partial charge in [-0.2, -0.15) is 5.26 Å². The number of carbonyl (C=O) groups excluding carboxylic acids is 1. The quantitative estimate of drug-likeness (QED) is 0.685. The zero-order valence-electron chi connectivity index (χ0n) is 16.9. The molecule has 1 amide bonds. The first-order valence-corrected chi connectivity index (χ1v) is 12.0. The number of piperidine rings is 1. The number of nitriles is 1. The van der Waals surface area contributed by atoms with E-state index < -0.39 is 9.84 Å². The monoisotopic (exact) mass is 424 g/mol. The van der Waals surface area contributed by atoms with E-state index in [2.05, 4.69) is 11.2 Å². The van der Waals surface area contributed by atoms with Crippen LogP contribution in [-0.4, -0.2) is 60.5 Å². The Morgan fingerprint density at radius 1 is 1.07 bits per heavy atom. The van der Waals surface area contributed by atoms with Crippen LogP contribution in [0.5, 0.6) is 0 Å². The van der Waals surface area contributed by atoms with Crippen LogP contribution in [0.2, 0.25) is 0 Å². The van der Waals surface area contributed by atoms with Crippen molar-refractivity contribution in [2.75, 3.05) is 19.3 Å². The van der Waals surface area contributed by atoms with Crippen LogP contribution in [0.1, 0.15) is 36.0 Å². The highest BCUT2D eigenvalue weighted by molar-refractivity contribution is 7.90. The molecule has 0 unspecified atom stereocenters. The minimum Gasteiger partial charge on any atom is -0.332 e. The second-order valence-corrected chi connectivity index (χ2v) is 10.0. The molecule has 2 aromatic rings. The van der Waals surface area contributed by atoms with E-state index in [9.17, 15) is 13.2 Å².